The van der Waals surface area contributed by atoms with Crippen LogP contribution in [-0.2, 0) is 0 Å². The average molecular weight is 393 g/mol. The van der Waals surface area contributed by atoms with Gasteiger partial charge in [-0.15, -0.1) is 0 Å². The summed E-state index contributed by atoms with van der Waals surface area (Å²) in [6.07, 6.45) is 8.14. The number of nitrogens with zero attached hydrogens (tertiary/aromatic N) is 3. The molecule has 28 heavy (non-hydrogen) atoms. The van der Waals surface area contributed by atoms with Crippen molar-refractivity contribution in [1.29, 1.82) is 0 Å². The predicted octanol–water partition coefficient (Wildman–Crippen LogP) is 5.70. The lowest BCUT2D eigenvalue weighted by atomic mass is 10.1. The number of rotatable bonds is 5. The minimum absolute atomic E-state index is 0.531. The topological polar surface area (TPSA) is 40.5 Å². The number of allylic oxidation sites excluding steroid dienone is 6. The molecular formula is C23H28N4S. The first-order valence-corrected chi connectivity index (χ1v) is 9.63. The van der Waals surface area contributed by atoms with Gasteiger partial charge in [-0.2, -0.15) is 5.10 Å². The number of fused-ring (bicyclic) bond motifs is 1. The number of aryl methyl sites for hydroxylation is 1. The SMILES string of the molecule is CC(C)=C\C=C/C=C(C)/C(C)=N/NC(=S)N(C)c1cc(C)nc2ccccc12. The van der Waals surface area contributed by atoms with Crippen molar-refractivity contribution in [3.8, 4) is 0 Å². The summed E-state index contributed by atoms with van der Waals surface area (Å²) in [4.78, 5) is 6.51. The summed E-state index contributed by atoms with van der Waals surface area (Å²) in [5.41, 5.74) is 9.13. The molecule has 0 aliphatic carbocycles. The minimum Gasteiger partial charge on any atom is -0.320 e. The zero-order valence-electron chi connectivity index (χ0n) is 17.4. The van der Waals surface area contributed by atoms with Crippen LogP contribution in [0.25, 0.3) is 10.9 Å². The number of benzene rings is 1. The highest BCUT2D eigenvalue weighted by Gasteiger charge is 2.12. The van der Waals surface area contributed by atoms with E-state index in [0.29, 0.717) is 5.11 Å². The van der Waals surface area contributed by atoms with E-state index in [0.717, 1.165) is 33.6 Å². The number of hydrogen-bond donors (Lipinski definition) is 1. The fourth-order valence-electron chi connectivity index (χ4n) is 2.54. The third-order valence-electron chi connectivity index (χ3n) is 4.27. The van der Waals surface area contributed by atoms with Gasteiger partial charge in [0, 0.05) is 18.1 Å². The second-order valence-electron chi connectivity index (χ2n) is 6.95. The first kappa shape index (κ1) is 21.5. The molecule has 0 radical (unpaired) electrons. The van der Waals surface area contributed by atoms with Gasteiger partial charge in [-0.25, -0.2) is 0 Å². The minimum atomic E-state index is 0.531. The lowest BCUT2D eigenvalue weighted by Gasteiger charge is -2.21. The summed E-state index contributed by atoms with van der Waals surface area (Å²) >= 11 is 5.55. The predicted molar refractivity (Wildman–Crippen MR) is 126 cm³/mol. The number of nitrogens with one attached hydrogen (secondary N) is 1. The van der Waals surface area contributed by atoms with Crippen LogP contribution < -0.4 is 10.3 Å². The van der Waals surface area contributed by atoms with Gasteiger partial charge in [0.15, 0.2) is 5.11 Å². The van der Waals surface area contributed by atoms with E-state index >= 15 is 0 Å². The molecule has 0 aliphatic rings. The van der Waals surface area contributed by atoms with Crippen molar-refractivity contribution in [1.82, 2.24) is 10.4 Å². The quantitative estimate of drug-likeness (QED) is 0.307. The Morgan fingerprint density at radius 1 is 1.11 bits per heavy atom. The van der Waals surface area contributed by atoms with Crippen LogP contribution in [-0.4, -0.2) is 22.9 Å². The number of pyridine rings is 1. The van der Waals surface area contributed by atoms with Crippen molar-refractivity contribution >= 4 is 39.6 Å². The standard InChI is InChI=1S/C23H28N4S/c1-16(2)11-7-8-12-17(3)19(5)25-26-23(28)27(6)22-15-18(4)24-21-14-10-9-13-20(21)22/h7-15H,1-6H3,(H,26,28)/b8-7-,17-12+,25-19+. The molecule has 0 saturated carbocycles. The maximum atomic E-state index is 5.55. The molecule has 1 aromatic heterocycles. The molecule has 2 rings (SSSR count). The molecule has 0 saturated heterocycles. The summed E-state index contributed by atoms with van der Waals surface area (Å²) in [6, 6.07) is 10.1. The third-order valence-corrected chi connectivity index (χ3v) is 4.63. The van der Waals surface area contributed by atoms with Crippen molar-refractivity contribution < 1.29 is 0 Å². The second-order valence-corrected chi connectivity index (χ2v) is 7.34. The van der Waals surface area contributed by atoms with E-state index in [1.165, 1.54) is 5.57 Å². The van der Waals surface area contributed by atoms with Crippen molar-refractivity contribution in [2.75, 3.05) is 11.9 Å². The lowest BCUT2D eigenvalue weighted by molar-refractivity contribution is 1.00. The van der Waals surface area contributed by atoms with Gasteiger partial charge in [0.25, 0.3) is 0 Å². The van der Waals surface area contributed by atoms with Crippen LogP contribution in [0.2, 0.25) is 0 Å². The molecule has 0 unspecified atom stereocenters. The number of aromatic nitrogens is 1. The Morgan fingerprint density at radius 3 is 2.50 bits per heavy atom. The maximum Gasteiger partial charge on any atom is 0.193 e. The largest absolute Gasteiger partial charge is 0.320 e. The normalized spacial score (nSPS) is 12.4. The van der Waals surface area contributed by atoms with Crippen LogP contribution in [0.3, 0.4) is 0 Å². The molecule has 1 N–H and O–H groups in total. The zero-order chi connectivity index (χ0) is 20.7. The smallest absolute Gasteiger partial charge is 0.193 e. The Hall–Kier alpha value is -2.79. The molecule has 0 atom stereocenters. The van der Waals surface area contributed by atoms with E-state index in [4.69, 9.17) is 12.2 Å². The van der Waals surface area contributed by atoms with Crippen molar-refractivity contribution in [3.63, 3.8) is 0 Å². The molecule has 146 valence electrons. The van der Waals surface area contributed by atoms with Gasteiger partial charge in [-0.3, -0.25) is 10.4 Å². The van der Waals surface area contributed by atoms with Gasteiger partial charge in [0.1, 0.15) is 0 Å². The van der Waals surface area contributed by atoms with Crippen LogP contribution in [0.1, 0.15) is 33.4 Å². The highest BCUT2D eigenvalue weighted by atomic mass is 32.1. The molecule has 1 aromatic carbocycles. The summed E-state index contributed by atoms with van der Waals surface area (Å²) in [7, 11) is 1.94. The van der Waals surface area contributed by atoms with Crippen LogP contribution in [0.4, 0.5) is 5.69 Å². The average Bonchev–Trinajstić information content (AvgIpc) is 2.67. The first-order valence-electron chi connectivity index (χ1n) is 9.23. The van der Waals surface area contributed by atoms with Crippen LogP contribution >= 0.6 is 12.2 Å². The third kappa shape index (κ3) is 5.86. The highest BCUT2D eigenvalue weighted by molar-refractivity contribution is 7.80. The fourth-order valence-corrected chi connectivity index (χ4v) is 2.68. The Bertz CT molecular complexity index is 979. The zero-order valence-corrected chi connectivity index (χ0v) is 18.3. The number of hydrazone groups is 1. The molecular weight excluding hydrogens is 364 g/mol. The van der Waals surface area contributed by atoms with Gasteiger partial charge in [-0.05, 0) is 64.5 Å². The Labute approximate surface area is 173 Å². The lowest BCUT2D eigenvalue weighted by Crippen LogP contribution is -2.34. The molecule has 4 nitrogen and oxygen atoms in total. The van der Waals surface area contributed by atoms with Crippen LogP contribution in [0.5, 0.6) is 0 Å². The molecule has 5 heteroatoms. The highest BCUT2D eigenvalue weighted by Crippen LogP contribution is 2.25. The maximum absolute atomic E-state index is 5.55. The molecule has 2 aromatic rings. The van der Waals surface area contributed by atoms with Gasteiger partial charge in [0.2, 0.25) is 0 Å². The van der Waals surface area contributed by atoms with Gasteiger partial charge >= 0.3 is 0 Å². The summed E-state index contributed by atoms with van der Waals surface area (Å²) in [5, 5.41) is 6.02. The number of hydrogen-bond acceptors (Lipinski definition) is 3. The van der Waals surface area contributed by atoms with E-state index in [1.54, 1.807) is 0 Å². The van der Waals surface area contributed by atoms with Gasteiger partial charge in [-0.1, -0.05) is 48.1 Å². The monoisotopic (exact) mass is 392 g/mol. The van der Waals surface area contributed by atoms with Crippen molar-refractivity contribution in [2.45, 2.75) is 34.6 Å². The summed E-state index contributed by atoms with van der Waals surface area (Å²) in [5.74, 6) is 0. The van der Waals surface area contributed by atoms with E-state index < -0.39 is 0 Å². The molecule has 0 aliphatic heterocycles. The van der Waals surface area contributed by atoms with E-state index in [1.807, 2.05) is 75.2 Å². The molecule has 0 spiro atoms. The first-order chi connectivity index (χ1) is 13.3. The summed E-state index contributed by atoms with van der Waals surface area (Å²) < 4.78 is 0. The van der Waals surface area contributed by atoms with E-state index in [9.17, 15) is 0 Å². The Kier molecular flexibility index (Phi) is 7.64. The Morgan fingerprint density at radius 2 is 1.79 bits per heavy atom. The second kappa shape index (κ2) is 9.95. The molecule has 0 bridgehead atoms. The van der Waals surface area contributed by atoms with Crippen molar-refractivity contribution in [3.05, 3.63) is 71.5 Å². The van der Waals surface area contributed by atoms with Crippen molar-refractivity contribution in [2.24, 2.45) is 5.10 Å². The van der Waals surface area contributed by atoms with Crippen LogP contribution in [0, 0.1) is 6.92 Å². The molecule has 0 amide bonds. The number of anilines is 1. The van der Waals surface area contributed by atoms with Gasteiger partial charge < -0.3 is 4.90 Å². The summed E-state index contributed by atoms with van der Waals surface area (Å²) in [6.45, 7) is 10.1. The van der Waals surface area contributed by atoms with Crippen LogP contribution in [0.15, 0.2) is 70.9 Å². The van der Waals surface area contributed by atoms with E-state index in [2.05, 4.69) is 41.5 Å². The Balaban J connectivity index is 2.14. The fraction of sp³-hybridized carbons (Fsp3) is 0.261. The number of para-hydroxylation sites is 1. The molecule has 1 heterocycles. The van der Waals surface area contributed by atoms with Gasteiger partial charge in [0.05, 0.1) is 16.9 Å². The molecule has 0 fully saturated rings. The van der Waals surface area contributed by atoms with E-state index in [-0.39, 0.29) is 0 Å². The number of thiocarbonyl (C=S) groups is 1.